The van der Waals surface area contributed by atoms with Gasteiger partial charge in [0.05, 0.1) is 6.61 Å². The molecule has 0 saturated heterocycles. The van der Waals surface area contributed by atoms with Gasteiger partial charge in [-0.2, -0.15) is 0 Å². The molecule has 54 heavy (non-hydrogen) atoms. The summed E-state index contributed by atoms with van der Waals surface area (Å²) in [5.74, 6) is -3.14. The van der Waals surface area contributed by atoms with Crippen molar-refractivity contribution in [1.29, 1.82) is 0 Å². The number of unbranched alkanes of at least 4 members (excludes halogenated alkanes) is 1. The van der Waals surface area contributed by atoms with E-state index in [0.29, 0.717) is 32.4 Å². The highest BCUT2D eigenvalue weighted by atomic mass is 16.6. The second-order valence-electron chi connectivity index (χ2n) is 16.5. The molecular weight excluding hydrogens is 696 g/mol. The van der Waals surface area contributed by atoms with E-state index in [1.54, 1.807) is 41.5 Å². The van der Waals surface area contributed by atoms with Crippen LogP contribution in [0.25, 0.3) is 0 Å². The van der Waals surface area contributed by atoms with Gasteiger partial charge in [-0.25, -0.2) is 9.59 Å². The third-order valence-electron chi connectivity index (χ3n) is 10.9. The number of ether oxygens (including phenoxy) is 2. The Morgan fingerprint density at radius 2 is 0.981 bits per heavy atom. The van der Waals surface area contributed by atoms with Crippen LogP contribution in [0.5, 0.6) is 0 Å². The fourth-order valence-electron chi connectivity index (χ4n) is 7.77. The lowest BCUT2D eigenvalue weighted by molar-refractivity contribution is -0.148. The van der Waals surface area contributed by atoms with E-state index in [0.717, 1.165) is 51.4 Å². The monoisotopic (exact) mass is 762 g/mol. The number of hydrogen-bond donors (Lipinski definition) is 6. The molecule has 6 amide bonds. The van der Waals surface area contributed by atoms with E-state index < -0.39 is 35.8 Å². The van der Waals surface area contributed by atoms with Crippen LogP contribution in [0, 0.1) is 35.5 Å². The third kappa shape index (κ3) is 14.1. The number of esters is 1. The first-order chi connectivity index (χ1) is 25.5. The quantitative estimate of drug-likeness (QED) is 0.0895. The van der Waals surface area contributed by atoms with Gasteiger partial charge in [0.25, 0.3) is 0 Å². The van der Waals surface area contributed by atoms with Crippen molar-refractivity contribution in [2.24, 2.45) is 35.5 Å². The minimum Gasteiger partial charge on any atom is -0.464 e. The molecular formula is C39H66N6O9. The average Bonchev–Trinajstić information content (AvgIpc) is 3.89. The Morgan fingerprint density at radius 1 is 0.593 bits per heavy atom. The van der Waals surface area contributed by atoms with E-state index in [2.05, 4.69) is 31.9 Å². The van der Waals surface area contributed by atoms with Gasteiger partial charge >= 0.3 is 12.1 Å². The predicted molar refractivity (Wildman–Crippen MR) is 201 cm³/mol. The summed E-state index contributed by atoms with van der Waals surface area (Å²) in [6.45, 7) is 13.4. The number of hydrogen-bond acceptors (Lipinski definition) is 9. The van der Waals surface area contributed by atoms with Gasteiger partial charge in [-0.15, -0.1) is 0 Å². The molecule has 0 bridgehead atoms. The summed E-state index contributed by atoms with van der Waals surface area (Å²) in [4.78, 5) is 89.7. The molecule has 306 valence electrons. The second kappa shape index (κ2) is 21.3. The number of carbonyl (C=O) groups is 7. The van der Waals surface area contributed by atoms with E-state index in [-0.39, 0.29) is 78.1 Å². The Labute approximate surface area is 320 Å². The second-order valence-corrected chi connectivity index (χ2v) is 16.5. The van der Waals surface area contributed by atoms with Gasteiger partial charge in [0.15, 0.2) is 0 Å². The molecule has 6 N–H and O–H groups in total. The summed E-state index contributed by atoms with van der Waals surface area (Å²) in [6, 6.07) is -2.33. The molecule has 15 heteroatoms. The molecule has 0 unspecified atom stereocenters. The minimum atomic E-state index is -0.797. The average molecular weight is 763 g/mol. The van der Waals surface area contributed by atoms with Crippen molar-refractivity contribution >= 4 is 41.6 Å². The van der Waals surface area contributed by atoms with E-state index >= 15 is 0 Å². The van der Waals surface area contributed by atoms with Crippen LogP contribution in [0.15, 0.2) is 0 Å². The van der Waals surface area contributed by atoms with Gasteiger partial charge in [0.2, 0.25) is 29.5 Å². The van der Waals surface area contributed by atoms with Crippen molar-refractivity contribution in [3.05, 3.63) is 0 Å². The Bertz CT molecular complexity index is 1320. The van der Waals surface area contributed by atoms with Crippen LogP contribution in [0.4, 0.5) is 4.79 Å². The number of carbonyl (C=O) groups excluding carboxylic acids is 7. The fraction of sp³-hybridized carbons (Fsp3) is 0.821. The van der Waals surface area contributed by atoms with Crippen LogP contribution < -0.4 is 31.9 Å². The molecule has 0 aromatic heterocycles. The molecule has 0 heterocycles. The Hall–Kier alpha value is -3.91. The Kier molecular flexibility index (Phi) is 17.5. The molecule has 0 spiro atoms. The highest BCUT2D eigenvalue weighted by Crippen LogP contribution is 2.33. The van der Waals surface area contributed by atoms with Crippen molar-refractivity contribution < 1.29 is 43.0 Å². The molecule has 3 fully saturated rings. The number of alkyl carbamates (subject to hydrolysis) is 1. The number of rotatable bonds is 18. The van der Waals surface area contributed by atoms with Crippen molar-refractivity contribution in [2.45, 2.75) is 143 Å². The number of nitrogens with one attached hydrogen (secondary N) is 6. The van der Waals surface area contributed by atoms with Crippen LogP contribution >= 0.6 is 0 Å². The molecule has 9 atom stereocenters. The zero-order valence-electron chi connectivity index (χ0n) is 33.5. The molecule has 0 radical (unpaired) electrons. The van der Waals surface area contributed by atoms with E-state index in [9.17, 15) is 33.6 Å². The lowest BCUT2D eigenvalue weighted by atomic mass is 9.94. The largest absolute Gasteiger partial charge is 0.464 e. The normalized spacial score (nSPS) is 25.4. The molecule has 3 aliphatic carbocycles. The van der Waals surface area contributed by atoms with Crippen LogP contribution in [0.3, 0.4) is 0 Å². The van der Waals surface area contributed by atoms with Gasteiger partial charge in [-0.05, 0) is 104 Å². The fourth-order valence-corrected chi connectivity index (χ4v) is 7.77. The highest BCUT2D eigenvalue weighted by molar-refractivity contribution is 5.90. The SMILES string of the molecule is CCCCOC(=O)[C@@H](C)NC(=O)[C@@H]1CCC[C@H]1CNC(=O)[C@@H](C)NC(=O)[C@@H]1CCC[C@H]1CNC(=O)[C@@H](C)NC(=O)[C@@H]1CCC[C@H]1CNC(=O)OC(C)(C)C. The zero-order valence-corrected chi connectivity index (χ0v) is 33.5. The molecule has 0 aromatic rings. The number of amides is 6. The van der Waals surface area contributed by atoms with Crippen LogP contribution in [0.1, 0.15) is 119 Å². The lowest BCUT2D eigenvalue weighted by Crippen LogP contribution is -2.50. The third-order valence-corrected chi connectivity index (χ3v) is 10.9. The van der Waals surface area contributed by atoms with Gasteiger partial charge in [-0.1, -0.05) is 32.6 Å². The van der Waals surface area contributed by atoms with Gasteiger partial charge in [0.1, 0.15) is 23.7 Å². The van der Waals surface area contributed by atoms with Crippen LogP contribution in [-0.4, -0.2) is 91.6 Å². The molecule has 0 aliphatic heterocycles. The summed E-state index contributed by atoms with van der Waals surface area (Å²) in [5, 5.41) is 17.0. The van der Waals surface area contributed by atoms with Crippen LogP contribution in [-0.2, 0) is 38.2 Å². The van der Waals surface area contributed by atoms with Crippen molar-refractivity contribution in [1.82, 2.24) is 31.9 Å². The minimum absolute atomic E-state index is 0.0521. The highest BCUT2D eigenvalue weighted by Gasteiger charge is 2.38. The first kappa shape index (κ1) is 44.5. The van der Waals surface area contributed by atoms with Gasteiger partial charge in [0, 0.05) is 37.4 Å². The smallest absolute Gasteiger partial charge is 0.407 e. The summed E-state index contributed by atoms with van der Waals surface area (Å²) in [7, 11) is 0. The van der Waals surface area contributed by atoms with E-state index in [1.807, 2.05) is 6.92 Å². The zero-order chi connectivity index (χ0) is 40.0. The molecule has 3 saturated carbocycles. The van der Waals surface area contributed by atoms with Gasteiger partial charge in [-0.3, -0.25) is 24.0 Å². The molecule has 0 aromatic carbocycles. The summed E-state index contributed by atoms with van der Waals surface area (Å²) < 4.78 is 10.5. The van der Waals surface area contributed by atoms with E-state index in [4.69, 9.17) is 9.47 Å². The Morgan fingerprint density at radius 3 is 1.37 bits per heavy atom. The maximum absolute atomic E-state index is 13.3. The standard InChI is InChI=1S/C39H66N6O9/c1-8-9-19-53-37(51)25(4)45-36(50)30-17-11-14-27(30)21-41-32(46)23(2)43-34(48)29-16-10-13-26(29)20-40-33(47)24(3)44-35(49)31-18-12-15-28(31)22-42-38(52)54-39(5,6)7/h23-31H,8-22H2,1-7H3,(H,40,47)(H,41,46)(H,42,52)(H,43,48)(H,44,49)(H,45,50)/t23-,24-,25-,26+,27+,28+,29-,30-,31-/m1/s1. The maximum atomic E-state index is 13.3. The summed E-state index contributed by atoms with van der Waals surface area (Å²) >= 11 is 0. The predicted octanol–water partition coefficient (Wildman–Crippen LogP) is 2.85. The maximum Gasteiger partial charge on any atom is 0.407 e. The lowest BCUT2D eigenvalue weighted by Gasteiger charge is -2.25. The topological polar surface area (TPSA) is 210 Å². The summed E-state index contributed by atoms with van der Waals surface area (Å²) in [6.07, 6.45) is 7.91. The van der Waals surface area contributed by atoms with E-state index in [1.165, 1.54) is 0 Å². The van der Waals surface area contributed by atoms with Crippen molar-refractivity contribution in [2.75, 3.05) is 26.2 Å². The van der Waals surface area contributed by atoms with Crippen molar-refractivity contribution in [3.63, 3.8) is 0 Å². The molecule has 3 rings (SSSR count). The first-order valence-corrected chi connectivity index (χ1v) is 20.1. The van der Waals surface area contributed by atoms with Crippen LogP contribution in [0.2, 0.25) is 0 Å². The van der Waals surface area contributed by atoms with Gasteiger partial charge < -0.3 is 41.4 Å². The first-order valence-electron chi connectivity index (χ1n) is 20.1. The molecule has 3 aliphatic rings. The molecule has 15 nitrogen and oxygen atoms in total. The summed E-state index contributed by atoms with van der Waals surface area (Å²) in [5.41, 5.74) is -0.618. The Balaban J connectivity index is 1.39. The van der Waals surface area contributed by atoms with Crippen molar-refractivity contribution in [3.8, 4) is 0 Å².